The lowest BCUT2D eigenvalue weighted by molar-refractivity contribution is -0.0546. The van der Waals surface area contributed by atoms with E-state index in [1.54, 1.807) is 11.1 Å². The Kier molecular flexibility index (Phi) is 5.39. The van der Waals surface area contributed by atoms with Gasteiger partial charge in [-0.2, -0.15) is 0 Å². The van der Waals surface area contributed by atoms with Crippen LogP contribution in [-0.2, 0) is 0 Å². The molecule has 4 aliphatic rings. The molecule has 0 spiro atoms. The SMILES string of the molecule is C/C(=C\C(C)C)[C@@H](C)[C@H]1CC[C@H]2[C@@H]3CC=C4C[C@@H](O)CC[C@]4(C)[C@H]3CC[C@]12C. The molecule has 0 bridgehead atoms. The molecule has 0 aromatic heterocycles. The van der Waals surface area contributed by atoms with Crippen LogP contribution in [0.4, 0.5) is 0 Å². The smallest absolute Gasteiger partial charge is 0.0577 e. The average Bonchev–Trinajstić information content (AvgIpc) is 2.98. The molecule has 0 aromatic carbocycles. The predicted molar refractivity (Wildman–Crippen MR) is 119 cm³/mol. The van der Waals surface area contributed by atoms with Crippen LogP contribution in [0.2, 0.25) is 0 Å². The molecule has 0 unspecified atom stereocenters. The Morgan fingerprint density at radius 3 is 2.54 bits per heavy atom. The monoisotopic (exact) mass is 384 g/mol. The third-order valence-electron chi connectivity index (χ3n) is 10.1. The van der Waals surface area contributed by atoms with Gasteiger partial charge in [0.25, 0.3) is 0 Å². The Morgan fingerprint density at radius 1 is 1.07 bits per heavy atom. The quantitative estimate of drug-likeness (QED) is 0.512. The van der Waals surface area contributed by atoms with E-state index >= 15 is 0 Å². The van der Waals surface area contributed by atoms with Crippen LogP contribution in [0.3, 0.4) is 0 Å². The lowest BCUT2D eigenvalue weighted by atomic mass is 9.47. The number of allylic oxidation sites excluding steroid dienone is 3. The van der Waals surface area contributed by atoms with Gasteiger partial charge in [0, 0.05) is 0 Å². The van der Waals surface area contributed by atoms with E-state index in [4.69, 9.17) is 0 Å². The van der Waals surface area contributed by atoms with Crippen molar-refractivity contribution < 1.29 is 5.11 Å². The zero-order valence-corrected chi connectivity index (χ0v) is 19.3. The van der Waals surface area contributed by atoms with Gasteiger partial charge >= 0.3 is 0 Å². The van der Waals surface area contributed by atoms with Crippen molar-refractivity contribution in [1.82, 2.24) is 0 Å². The average molecular weight is 385 g/mol. The van der Waals surface area contributed by atoms with Crippen molar-refractivity contribution in [1.29, 1.82) is 0 Å². The van der Waals surface area contributed by atoms with Gasteiger partial charge in [-0.25, -0.2) is 0 Å². The molecule has 1 N–H and O–H groups in total. The highest BCUT2D eigenvalue weighted by atomic mass is 16.3. The lowest BCUT2D eigenvalue weighted by Crippen LogP contribution is -2.50. The molecule has 1 nitrogen and oxygen atoms in total. The maximum Gasteiger partial charge on any atom is 0.0577 e. The van der Waals surface area contributed by atoms with Crippen molar-refractivity contribution in [3.63, 3.8) is 0 Å². The molecule has 8 atom stereocenters. The number of aliphatic hydroxyl groups is 1. The zero-order valence-electron chi connectivity index (χ0n) is 19.3. The highest BCUT2D eigenvalue weighted by Gasteiger charge is 2.59. The van der Waals surface area contributed by atoms with Crippen LogP contribution in [0.1, 0.15) is 92.9 Å². The molecule has 0 saturated heterocycles. The van der Waals surface area contributed by atoms with Gasteiger partial charge in [0.1, 0.15) is 0 Å². The summed E-state index contributed by atoms with van der Waals surface area (Å²) < 4.78 is 0. The van der Waals surface area contributed by atoms with Gasteiger partial charge < -0.3 is 5.11 Å². The Morgan fingerprint density at radius 2 is 1.82 bits per heavy atom. The van der Waals surface area contributed by atoms with Crippen molar-refractivity contribution in [2.24, 2.45) is 46.3 Å². The minimum atomic E-state index is -0.0860. The van der Waals surface area contributed by atoms with Gasteiger partial charge in [-0.05, 0) is 105 Å². The van der Waals surface area contributed by atoms with Gasteiger partial charge in [0.15, 0.2) is 0 Å². The standard InChI is InChI=1S/C27H44O/c1-17(2)15-18(3)19(4)23-9-10-24-22-8-7-20-16-21(28)11-13-26(20,5)25(22)12-14-27(23,24)6/h7,15,17,19,21-25,28H,8-14,16H2,1-6H3/b18-15+/t19-,21+,22+,23-,24+,25+,26+,27-/m1/s1. The van der Waals surface area contributed by atoms with Crippen LogP contribution in [0, 0.1) is 46.3 Å². The van der Waals surface area contributed by atoms with Crippen LogP contribution in [0.15, 0.2) is 23.3 Å². The molecule has 158 valence electrons. The zero-order chi connectivity index (χ0) is 20.3. The second-order valence-electron chi connectivity index (χ2n) is 11.8. The second kappa shape index (κ2) is 7.29. The Labute approximate surface area is 174 Å². The van der Waals surface area contributed by atoms with E-state index in [9.17, 15) is 5.11 Å². The predicted octanol–water partition coefficient (Wildman–Crippen LogP) is 7.16. The molecular weight excluding hydrogens is 340 g/mol. The minimum Gasteiger partial charge on any atom is -0.393 e. The van der Waals surface area contributed by atoms with E-state index in [0.717, 1.165) is 42.4 Å². The fraction of sp³-hybridized carbons (Fsp3) is 0.852. The maximum atomic E-state index is 10.2. The molecule has 0 amide bonds. The number of aliphatic hydroxyl groups excluding tert-OH is 1. The number of fused-ring (bicyclic) bond motifs is 5. The molecule has 4 rings (SSSR count). The summed E-state index contributed by atoms with van der Waals surface area (Å²) in [5, 5.41) is 10.2. The summed E-state index contributed by atoms with van der Waals surface area (Å²) >= 11 is 0. The van der Waals surface area contributed by atoms with Crippen molar-refractivity contribution in [3.8, 4) is 0 Å². The van der Waals surface area contributed by atoms with E-state index < -0.39 is 0 Å². The minimum absolute atomic E-state index is 0.0860. The number of hydrogen-bond acceptors (Lipinski definition) is 1. The number of rotatable bonds is 3. The van der Waals surface area contributed by atoms with Crippen molar-refractivity contribution in [2.75, 3.05) is 0 Å². The van der Waals surface area contributed by atoms with Crippen LogP contribution in [0.25, 0.3) is 0 Å². The Bertz CT molecular complexity index is 657. The normalized spacial score (nSPS) is 47.2. The molecule has 28 heavy (non-hydrogen) atoms. The Hall–Kier alpha value is -0.560. The summed E-state index contributed by atoms with van der Waals surface area (Å²) in [5.74, 6) is 4.90. The van der Waals surface area contributed by atoms with Crippen molar-refractivity contribution in [2.45, 2.75) is 99.0 Å². The van der Waals surface area contributed by atoms with E-state index in [-0.39, 0.29) is 6.10 Å². The van der Waals surface area contributed by atoms with Gasteiger partial charge in [-0.3, -0.25) is 0 Å². The summed E-state index contributed by atoms with van der Waals surface area (Å²) in [6.45, 7) is 14.7. The molecule has 4 aliphatic carbocycles. The summed E-state index contributed by atoms with van der Waals surface area (Å²) in [5.41, 5.74) is 4.14. The topological polar surface area (TPSA) is 20.2 Å². The van der Waals surface area contributed by atoms with Gasteiger partial charge in [-0.15, -0.1) is 0 Å². The third kappa shape index (κ3) is 3.15. The number of hydrogen-bond donors (Lipinski definition) is 1. The van der Waals surface area contributed by atoms with E-state index in [0.29, 0.717) is 16.7 Å². The van der Waals surface area contributed by atoms with Crippen LogP contribution in [0.5, 0.6) is 0 Å². The van der Waals surface area contributed by atoms with Gasteiger partial charge in [0.05, 0.1) is 6.10 Å². The summed E-state index contributed by atoms with van der Waals surface area (Å²) in [6, 6.07) is 0. The van der Waals surface area contributed by atoms with E-state index in [1.807, 2.05) is 0 Å². The van der Waals surface area contributed by atoms with Crippen molar-refractivity contribution >= 4 is 0 Å². The summed E-state index contributed by atoms with van der Waals surface area (Å²) in [6.07, 6.45) is 15.2. The lowest BCUT2D eigenvalue weighted by Gasteiger charge is -2.58. The summed E-state index contributed by atoms with van der Waals surface area (Å²) in [4.78, 5) is 0. The van der Waals surface area contributed by atoms with Crippen LogP contribution in [-0.4, -0.2) is 11.2 Å². The molecule has 1 heteroatoms. The first-order chi connectivity index (χ1) is 13.2. The molecule has 3 fully saturated rings. The van der Waals surface area contributed by atoms with E-state index in [2.05, 4.69) is 53.7 Å². The van der Waals surface area contributed by atoms with Crippen LogP contribution < -0.4 is 0 Å². The fourth-order valence-corrected chi connectivity index (χ4v) is 8.50. The first-order valence-corrected chi connectivity index (χ1v) is 12.2. The first kappa shape index (κ1) is 20.7. The third-order valence-corrected chi connectivity index (χ3v) is 10.1. The highest BCUT2D eigenvalue weighted by molar-refractivity contribution is 5.25. The van der Waals surface area contributed by atoms with Crippen molar-refractivity contribution in [3.05, 3.63) is 23.3 Å². The second-order valence-corrected chi connectivity index (χ2v) is 11.8. The fourth-order valence-electron chi connectivity index (χ4n) is 8.50. The summed E-state index contributed by atoms with van der Waals surface area (Å²) in [7, 11) is 0. The largest absolute Gasteiger partial charge is 0.393 e. The molecule has 0 aliphatic heterocycles. The molecule has 0 aromatic rings. The molecule has 0 heterocycles. The maximum absolute atomic E-state index is 10.2. The van der Waals surface area contributed by atoms with E-state index in [1.165, 1.54) is 38.5 Å². The molecular formula is C27H44O. The molecule has 3 saturated carbocycles. The molecule has 0 radical (unpaired) electrons. The first-order valence-electron chi connectivity index (χ1n) is 12.2. The highest BCUT2D eigenvalue weighted by Crippen LogP contribution is 2.67. The Balaban J connectivity index is 1.59. The van der Waals surface area contributed by atoms with Crippen LogP contribution >= 0.6 is 0 Å². The van der Waals surface area contributed by atoms with Gasteiger partial charge in [-0.1, -0.05) is 57.9 Å². The van der Waals surface area contributed by atoms with Gasteiger partial charge in [0.2, 0.25) is 0 Å².